The Balaban J connectivity index is 2.30. The minimum atomic E-state index is 0.142. The molecule has 0 aliphatic carbocycles. The van der Waals surface area contributed by atoms with Crippen molar-refractivity contribution in [3.05, 3.63) is 47.1 Å². The van der Waals surface area contributed by atoms with Crippen LogP contribution < -0.4 is 0 Å². The van der Waals surface area contributed by atoms with Crippen molar-refractivity contribution >= 4 is 38.3 Å². The predicted octanol–water partition coefficient (Wildman–Crippen LogP) is 4.55. The molecule has 0 unspecified atom stereocenters. The van der Waals surface area contributed by atoms with Gasteiger partial charge in [0.25, 0.3) is 0 Å². The summed E-state index contributed by atoms with van der Waals surface area (Å²) in [5.41, 5.74) is 1.30. The van der Waals surface area contributed by atoms with Gasteiger partial charge in [-0.15, -0.1) is 4.91 Å². The first kappa shape index (κ1) is 13.7. The molecule has 0 saturated heterocycles. The Morgan fingerprint density at radius 1 is 1.17 bits per heavy atom. The Labute approximate surface area is 132 Å². The van der Waals surface area contributed by atoms with Crippen molar-refractivity contribution in [3.8, 4) is 5.75 Å². The Morgan fingerprint density at radius 3 is 2.43 bits per heavy atom. The predicted molar refractivity (Wildman–Crippen MR) is 92.2 cm³/mol. The van der Waals surface area contributed by atoms with E-state index in [9.17, 15) is 10.0 Å². The van der Waals surface area contributed by atoms with Crippen LogP contribution in [-0.4, -0.2) is 14.7 Å². The van der Waals surface area contributed by atoms with Gasteiger partial charge in [0, 0.05) is 24.2 Å². The fraction of sp³-hybridized carbons (Fsp3) is 0.167. The number of rotatable bonds is 2. The zero-order valence-electron chi connectivity index (χ0n) is 12.9. The Kier molecular flexibility index (Phi) is 2.84. The van der Waals surface area contributed by atoms with E-state index < -0.39 is 0 Å². The number of phenolic OH excluding ortho intramolecular Hbond substituents is 1. The molecular formula is C18H15N3O2. The third-order valence-electron chi connectivity index (χ3n) is 4.44. The minimum Gasteiger partial charge on any atom is -0.505 e. The molecule has 0 amide bonds. The van der Waals surface area contributed by atoms with Crippen LogP contribution in [0.4, 0.5) is 5.69 Å². The molecule has 114 valence electrons. The molecule has 0 bridgehead atoms. The molecular weight excluding hydrogens is 290 g/mol. The molecule has 5 nitrogen and oxygen atoms in total. The van der Waals surface area contributed by atoms with Crippen LogP contribution in [0.3, 0.4) is 0 Å². The largest absolute Gasteiger partial charge is 0.505 e. The van der Waals surface area contributed by atoms with Gasteiger partial charge >= 0.3 is 0 Å². The lowest BCUT2D eigenvalue weighted by Gasteiger charge is -2.08. The second kappa shape index (κ2) is 4.78. The van der Waals surface area contributed by atoms with Gasteiger partial charge in [-0.05, 0) is 28.1 Å². The van der Waals surface area contributed by atoms with Crippen LogP contribution in [0.2, 0.25) is 0 Å². The summed E-state index contributed by atoms with van der Waals surface area (Å²) >= 11 is 0. The number of nitrogens with zero attached hydrogens (tertiary/aromatic N) is 3. The van der Waals surface area contributed by atoms with Gasteiger partial charge < -0.3 is 9.67 Å². The zero-order valence-corrected chi connectivity index (χ0v) is 12.9. The van der Waals surface area contributed by atoms with Crippen LogP contribution in [0.15, 0.2) is 41.6 Å². The number of phenols is 1. The first-order valence-electron chi connectivity index (χ1n) is 7.51. The maximum Gasteiger partial charge on any atom is 0.149 e. The fourth-order valence-corrected chi connectivity index (χ4v) is 3.28. The van der Waals surface area contributed by atoms with Gasteiger partial charge in [-0.3, -0.25) is 0 Å². The van der Waals surface area contributed by atoms with E-state index >= 15 is 0 Å². The number of nitroso groups, excluding NO2 is 1. The summed E-state index contributed by atoms with van der Waals surface area (Å²) in [7, 11) is 1.84. The molecule has 0 fully saturated rings. The maximum atomic E-state index is 11.5. The normalized spacial score (nSPS) is 11.6. The summed E-state index contributed by atoms with van der Waals surface area (Å²) in [5.74, 6) is 0.947. The zero-order chi connectivity index (χ0) is 16.1. The van der Waals surface area contributed by atoms with Crippen molar-refractivity contribution < 1.29 is 5.11 Å². The first-order chi connectivity index (χ1) is 11.2. The number of aromatic nitrogens is 2. The van der Waals surface area contributed by atoms with Gasteiger partial charge in [-0.2, -0.15) is 0 Å². The highest BCUT2D eigenvalue weighted by molar-refractivity contribution is 6.15. The molecule has 0 radical (unpaired) electrons. The van der Waals surface area contributed by atoms with Crippen molar-refractivity contribution in [3.63, 3.8) is 0 Å². The SMILES string of the molecule is CCc1nc2c(N=O)c3cc4ccccc4cc3c(O)c2n1C. The third kappa shape index (κ3) is 1.76. The molecule has 0 atom stereocenters. The first-order valence-corrected chi connectivity index (χ1v) is 7.51. The van der Waals surface area contributed by atoms with Crippen LogP contribution >= 0.6 is 0 Å². The van der Waals surface area contributed by atoms with E-state index in [4.69, 9.17) is 0 Å². The number of aryl methyl sites for hydroxylation is 2. The quantitative estimate of drug-likeness (QED) is 0.436. The lowest BCUT2D eigenvalue weighted by atomic mass is 10.0. The van der Waals surface area contributed by atoms with E-state index in [0.29, 0.717) is 28.2 Å². The lowest BCUT2D eigenvalue weighted by Crippen LogP contribution is -1.95. The highest BCUT2D eigenvalue weighted by Crippen LogP contribution is 2.43. The second-order valence-corrected chi connectivity index (χ2v) is 5.67. The average molecular weight is 305 g/mol. The van der Waals surface area contributed by atoms with Gasteiger partial charge in [0.15, 0.2) is 0 Å². The molecule has 1 N–H and O–H groups in total. The van der Waals surface area contributed by atoms with Crippen LogP contribution in [0.25, 0.3) is 32.6 Å². The van der Waals surface area contributed by atoms with Crippen LogP contribution in [-0.2, 0) is 13.5 Å². The standard InChI is InChI=1S/C18H15N3O2/c1-3-14-19-16-15(20-23)12-8-10-6-4-5-7-11(10)9-13(12)18(22)17(16)21(14)2/h4-9,22H,3H2,1-2H3. The Morgan fingerprint density at radius 2 is 1.83 bits per heavy atom. The van der Waals surface area contributed by atoms with E-state index in [0.717, 1.165) is 16.6 Å². The van der Waals surface area contributed by atoms with E-state index in [2.05, 4.69) is 10.2 Å². The highest BCUT2D eigenvalue weighted by atomic mass is 16.3. The van der Waals surface area contributed by atoms with Crippen molar-refractivity contribution in [2.24, 2.45) is 12.2 Å². The maximum absolute atomic E-state index is 11.5. The van der Waals surface area contributed by atoms with Gasteiger partial charge in [-0.1, -0.05) is 31.2 Å². The average Bonchev–Trinajstić information content (AvgIpc) is 2.91. The smallest absolute Gasteiger partial charge is 0.149 e. The van der Waals surface area contributed by atoms with Crippen LogP contribution in [0, 0.1) is 4.91 Å². The topological polar surface area (TPSA) is 67.5 Å². The van der Waals surface area contributed by atoms with E-state index in [1.165, 1.54) is 0 Å². The molecule has 23 heavy (non-hydrogen) atoms. The Bertz CT molecular complexity index is 1100. The molecule has 0 saturated carbocycles. The molecule has 1 aromatic heterocycles. The molecule has 0 aliphatic heterocycles. The number of hydrogen-bond acceptors (Lipinski definition) is 4. The molecule has 0 spiro atoms. The van der Waals surface area contributed by atoms with E-state index in [1.807, 2.05) is 54.9 Å². The molecule has 3 aromatic carbocycles. The highest BCUT2D eigenvalue weighted by Gasteiger charge is 2.20. The summed E-state index contributed by atoms with van der Waals surface area (Å²) in [6.07, 6.45) is 0.710. The van der Waals surface area contributed by atoms with E-state index in [1.54, 1.807) is 0 Å². The molecule has 5 heteroatoms. The summed E-state index contributed by atoms with van der Waals surface area (Å²) in [6.45, 7) is 1.99. The van der Waals surface area contributed by atoms with Crippen molar-refractivity contribution in [2.75, 3.05) is 0 Å². The number of hydrogen-bond donors (Lipinski definition) is 1. The molecule has 1 heterocycles. The lowest BCUT2D eigenvalue weighted by molar-refractivity contribution is 0.485. The summed E-state index contributed by atoms with van der Waals surface area (Å²) in [5, 5.41) is 17.3. The van der Waals surface area contributed by atoms with Crippen molar-refractivity contribution in [1.82, 2.24) is 9.55 Å². The van der Waals surface area contributed by atoms with Gasteiger partial charge in [-0.25, -0.2) is 4.98 Å². The van der Waals surface area contributed by atoms with E-state index in [-0.39, 0.29) is 11.4 Å². The third-order valence-corrected chi connectivity index (χ3v) is 4.44. The van der Waals surface area contributed by atoms with Gasteiger partial charge in [0.1, 0.15) is 28.3 Å². The fourth-order valence-electron chi connectivity index (χ4n) is 3.28. The monoisotopic (exact) mass is 305 g/mol. The van der Waals surface area contributed by atoms with Crippen molar-refractivity contribution in [2.45, 2.75) is 13.3 Å². The summed E-state index contributed by atoms with van der Waals surface area (Å²) in [6, 6.07) is 11.6. The number of imidazole rings is 1. The summed E-state index contributed by atoms with van der Waals surface area (Å²) in [4.78, 5) is 16.0. The number of fused-ring (bicyclic) bond motifs is 3. The number of aromatic hydroxyl groups is 1. The van der Waals surface area contributed by atoms with Crippen molar-refractivity contribution in [1.29, 1.82) is 0 Å². The molecule has 4 rings (SSSR count). The summed E-state index contributed by atoms with van der Waals surface area (Å²) < 4.78 is 1.83. The molecule has 4 aromatic rings. The van der Waals surface area contributed by atoms with Crippen LogP contribution in [0.5, 0.6) is 5.75 Å². The van der Waals surface area contributed by atoms with Gasteiger partial charge in [0.05, 0.1) is 0 Å². The Hall–Kier alpha value is -2.95. The minimum absolute atomic E-state index is 0.142. The van der Waals surface area contributed by atoms with Crippen LogP contribution in [0.1, 0.15) is 12.7 Å². The van der Waals surface area contributed by atoms with Gasteiger partial charge in [0.2, 0.25) is 0 Å². The molecule has 0 aliphatic rings. The second-order valence-electron chi connectivity index (χ2n) is 5.67. The number of benzene rings is 3.